The maximum absolute atomic E-state index is 13.2. The van der Waals surface area contributed by atoms with E-state index in [1.165, 1.54) is 19.8 Å². The first-order valence-corrected chi connectivity index (χ1v) is 10.4. The van der Waals surface area contributed by atoms with E-state index < -0.39 is 17.3 Å². The zero-order chi connectivity index (χ0) is 21.9. The minimum Gasteiger partial charge on any atom is -0.372 e. The molecule has 5 nitrogen and oxygen atoms in total. The summed E-state index contributed by atoms with van der Waals surface area (Å²) in [6, 6.07) is 8.21. The van der Waals surface area contributed by atoms with Gasteiger partial charge in [0.2, 0.25) is 5.91 Å². The number of aryl methyl sites for hydroxylation is 2. The van der Waals surface area contributed by atoms with Crippen LogP contribution in [0, 0.1) is 25.2 Å². The Morgan fingerprint density at radius 3 is 2.57 bits per heavy atom. The fourth-order valence-corrected chi connectivity index (χ4v) is 4.21. The van der Waals surface area contributed by atoms with E-state index in [2.05, 4.69) is 15.2 Å². The smallest absolute Gasteiger partial charge is 0.372 e. The molecule has 0 unspecified atom stereocenters. The molecule has 30 heavy (non-hydrogen) atoms. The molecule has 1 aliphatic rings. The zero-order valence-electron chi connectivity index (χ0n) is 16.6. The zero-order valence-corrected chi connectivity index (χ0v) is 17.5. The van der Waals surface area contributed by atoms with E-state index in [9.17, 15) is 23.2 Å². The highest BCUT2D eigenvalue weighted by Gasteiger charge is 2.35. The number of nitriles is 1. The van der Waals surface area contributed by atoms with Crippen molar-refractivity contribution >= 4 is 29.0 Å². The number of carbonyl (C=O) groups excluding carboxylic acids is 1. The lowest BCUT2D eigenvalue weighted by Crippen LogP contribution is -2.19. The van der Waals surface area contributed by atoms with E-state index in [4.69, 9.17) is 0 Å². The molecule has 1 fully saturated rings. The molecule has 1 amide bonds. The van der Waals surface area contributed by atoms with Gasteiger partial charge in [0.25, 0.3) is 0 Å². The van der Waals surface area contributed by atoms with Crippen molar-refractivity contribution in [2.45, 2.75) is 37.9 Å². The Morgan fingerprint density at radius 2 is 1.97 bits per heavy atom. The maximum atomic E-state index is 13.2. The summed E-state index contributed by atoms with van der Waals surface area (Å²) in [6.07, 6.45) is -2.32. The minimum absolute atomic E-state index is 0.0962. The predicted molar refractivity (Wildman–Crippen MR) is 111 cm³/mol. The molecule has 1 aromatic carbocycles. The van der Waals surface area contributed by atoms with Crippen LogP contribution in [0.25, 0.3) is 0 Å². The molecule has 2 aromatic rings. The SMILES string of the molecule is Cc1cc(C(F)(F)F)c(C#N)c(SCC(=O)Nc2ccc(N3CCCC3)cc2C)n1. The van der Waals surface area contributed by atoms with Crippen LogP contribution in [0.1, 0.15) is 35.2 Å². The molecule has 3 rings (SSSR count). The third kappa shape index (κ3) is 5.05. The van der Waals surface area contributed by atoms with Crippen molar-refractivity contribution in [2.75, 3.05) is 29.1 Å². The van der Waals surface area contributed by atoms with Gasteiger partial charge in [-0.2, -0.15) is 18.4 Å². The second-order valence-corrected chi connectivity index (χ2v) is 8.10. The fourth-order valence-electron chi connectivity index (χ4n) is 3.36. The monoisotopic (exact) mass is 434 g/mol. The van der Waals surface area contributed by atoms with Crippen LogP contribution in [-0.4, -0.2) is 29.7 Å². The Balaban J connectivity index is 1.69. The van der Waals surface area contributed by atoms with Gasteiger partial charge < -0.3 is 10.2 Å². The maximum Gasteiger partial charge on any atom is 0.417 e. The molecule has 1 aromatic heterocycles. The summed E-state index contributed by atoms with van der Waals surface area (Å²) in [5, 5.41) is 11.9. The van der Waals surface area contributed by atoms with E-state index in [1.807, 2.05) is 25.1 Å². The van der Waals surface area contributed by atoms with Crippen molar-refractivity contribution in [3.63, 3.8) is 0 Å². The number of alkyl halides is 3. The van der Waals surface area contributed by atoms with Crippen LogP contribution in [0.15, 0.2) is 29.3 Å². The van der Waals surface area contributed by atoms with Gasteiger partial charge in [-0.05, 0) is 56.5 Å². The van der Waals surface area contributed by atoms with E-state index in [0.717, 1.165) is 42.2 Å². The molecular weight excluding hydrogens is 413 g/mol. The van der Waals surface area contributed by atoms with E-state index >= 15 is 0 Å². The number of carbonyl (C=O) groups is 1. The number of pyridine rings is 1. The Bertz CT molecular complexity index is 995. The first kappa shape index (κ1) is 22.0. The molecular formula is C21H21F3N4OS. The second-order valence-electron chi connectivity index (χ2n) is 7.13. The van der Waals surface area contributed by atoms with Gasteiger partial charge in [0.05, 0.1) is 16.9 Å². The molecule has 1 aliphatic heterocycles. The molecule has 9 heteroatoms. The standard InChI is InChI=1S/C21H21F3N4OS/c1-13-9-15(28-7-3-4-8-28)5-6-18(13)27-19(29)12-30-20-16(11-25)17(21(22,23)24)10-14(2)26-20/h5-6,9-10H,3-4,7-8,12H2,1-2H3,(H,27,29). The summed E-state index contributed by atoms with van der Waals surface area (Å²) in [5.74, 6) is -0.534. The molecule has 2 heterocycles. The quantitative estimate of drug-likeness (QED) is 0.677. The number of rotatable bonds is 5. The molecule has 1 N–H and O–H groups in total. The topological polar surface area (TPSA) is 69.0 Å². The van der Waals surface area contributed by atoms with Crippen LogP contribution in [0.3, 0.4) is 0 Å². The number of amides is 1. The minimum atomic E-state index is -4.66. The number of benzene rings is 1. The van der Waals surface area contributed by atoms with Crippen LogP contribution >= 0.6 is 11.8 Å². The van der Waals surface area contributed by atoms with Crippen LogP contribution in [0.2, 0.25) is 0 Å². The molecule has 158 valence electrons. The van der Waals surface area contributed by atoms with Crippen molar-refractivity contribution in [1.29, 1.82) is 5.26 Å². The summed E-state index contributed by atoms with van der Waals surface area (Å²) >= 11 is 0.819. The van der Waals surface area contributed by atoms with Crippen molar-refractivity contribution in [3.05, 3.63) is 46.6 Å². The lowest BCUT2D eigenvalue weighted by atomic mass is 10.1. The Morgan fingerprint density at radius 1 is 1.27 bits per heavy atom. The summed E-state index contributed by atoms with van der Waals surface area (Å²) in [6.45, 7) is 5.36. The highest BCUT2D eigenvalue weighted by molar-refractivity contribution is 8.00. The van der Waals surface area contributed by atoms with Gasteiger partial charge in [0, 0.05) is 30.2 Å². The Hall–Kier alpha value is -2.73. The van der Waals surface area contributed by atoms with Crippen LogP contribution in [0.5, 0.6) is 0 Å². The van der Waals surface area contributed by atoms with Crippen molar-refractivity contribution in [1.82, 2.24) is 4.98 Å². The second kappa shape index (κ2) is 8.96. The van der Waals surface area contributed by atoms with Gasteiger partial charge in [-0.25, -0.2) is 4.98 Å². The van der Waals surface area contributed by atoms with Crippen LogP contribution in [0.4, 0.5) is 24.5 Å². The van der Waals surface area contributed by atoms with Gasteiger partial charge >= 0.3 is 6.18 Å². The highest BCUT2D eigenvalue weighted by Crippen LogP contribution is 2.36. The summed E-state index contributed by atoms with van der Waals surface area (Å²) in [5.41, 5.74) is 1.21. The van der Waals surface area contributed by atoms with Gasteiger partial charge in [-0.15, -0.1) is 0 Å². The number of hydrogen-bond acceptors (Lipinski definition) is 5. The number of halogens is 3. The molecule has 0 saturated carbocycles. The van der Waals surface area contributed by atoms with Gasteiger partial charge in [-0.3, -0.25) is 4.79 Å². The largest absolute Gasteiger partial charge is 0.417 e. The Labute approximate surface area is 177 Å². The number of nitrogens with zero attached hydrogens (tertiary/aromatic N) is 3. The van der Waals surface area contributed by atoms with Crippen LogP contribution < -0.4 is 10.2 Å². The number of thioether (sulfide) groups is 1. The highest BCUT2D eigenvalue weighted by atomic mass is 32.2. The fraction of sp³-hybridized carbons (Fsp3) is 0.381. The van der Waals surface area contributed by atoms with Crippen molar-refractivity contribution in [2.24, 2.45) is 0 Å². The normalized spacial score (nSPS) is 13.9. The molecule has 0 aliphatic carbocycles. The third-order valence-corrected chi connectivity index (χ3v) is 5.80. The van der Waals surface area contributed by atoms with Crippen molar-refractivity contribution < 1.29 is 18.0 Å². The van der Waals surface area contributed by atoms with Crippen LogP contribution in [-0.2, 0) is 11.0 Å². The summed E-state index contributed by atoms with van der Waals surface area (Å²) in [7, 11) is 0. The van der Waals surface area contributed by atoms with Gasteiger partial charge in [-0.1, -0.05) is 11.8 Å². The predicted octanol–water partition coefficient (Wildman–Crippen LogP) is 4.92. The average molecular weight is 434 g/mol. The average Bonchev–Trinajstić information content (AvgIpc) is 3.21. The van der Waals surface area contributed by atoms with Crippen molar-refractivity contribution in [3.8, 4) is 6.07 Å². The molecule has 0 spiro atoms. The molecule has 0 bridgehead atoms. The Kier molecular flexibility index (Phi) is 6.56. The first-order valence-electron chi connectivity index (χ1n) is 9.46. The molecule has 0 atom stereocenters. The van der Waals surface area contributed by atoms with Gasteiger partial charge in [0.15, 0.2) is 0 Å². The van der Waals surface area contributed by atoms with E-state index in [1.54, 1.807) is 6.07 Å². The van der Waals surface area contributed by atoms with E-state index in [0.29, 0.717) is 5.69 Å². The first-order chi connectivity index (χ1) is 14.2. The number of hydrogen-bond donors (Lipinski definition) is 1. The summed E-state index contributed by atoms with van der Waals surface area (Å²) < 4.78 is 39.6. The molecule has 1 saturated heterocycles. The molecule has 0 radical (unpaired) electrons. The number of nitrogens with one attached hydrogen (secondary N) is 1. The lowest BCUT2D eigenvalue weighted by Gasteiger charge is -2.19. The van der Waals surface area contributed by atoms with E-state index in [-0.39, 0.29) is 22.4 Å². The van der Waals surface area contributed by atoms with Gasteiger partial charge in [0.1, 0.15) is 11.1 Å². The third-order valence-electron chi connectivity index (χ3n) is 4.83. The number of aromatic nitrogens is 1. The lowest BCUT2D eigenvalue weighted by molar-refractivity contribution is -0.138. The number of anilines is 2. The summed E-state index contributed by atoms with van der Waals surface area (Å²) in [4.78, 5) is 18.7.